The summed E-state index contributed by atoms with van der Waals surface area (Å²) >= 11 is 0. The molecule has 28 heavy (non-hydrogen) atoms. The Morgan fingerprint density at radius 1 is 1.07 bits per heavy atom. The van der Waals surface area contributed by atoms with E-state index in [9.17, 15) is 8.78 Å². The highest BCUT2D eigenvalue weighted by Crippen LogP contribution is 2.35. The van der Waals surface area contributed by atoms with E-state index in [-0.39, 0.29) is 6.04 Å². The molecule has 1 aliphatic heterocycles. The SMILES string of the molecule is COc1cc(CN2CCC(N)CC2)cc2c(-c3ccc(F)c(F)c3)cncc12. The lowest BCUT2D eigenvalue weighted by Gasteiger charge is -2.30. The van der Waals surface area contributed by atoms with Crippen molar-refractivity contribution in [2.45, 2.75) is 25.4 Å². The summed E-state index contributed by atoms with van der Waals surface area (Å²) < 4.78 is 32.8. The molecule has 4 rings (SSSR count). The van der Waals surface area contributed by atoms with Gasteiger partial charge >= 0.3 is 0 Å². The molecular weight excluding hydrogens is 360 g/mol. The van der Waals surface area contributed by atoms with Gasteiger partial charge in [-0.2, -0.15) is 0 Å². The van der Waals surface area contributed by atoms with Crippen LogP contribution in [0.5, 0.6) is 5.75 Å². The van der Waals surface area contributed by atoms with Crippen molar-refractivity contribution in [1.82, 2.24) is 9.88 Å². The number of pyridine rings is 1. The van der Waals surface area contributed by atoms with Crippen LogP contribution in [0.3, 0.4) is 0 Å². The number of nitrogens with two attached hydrogens (primary N) is 1. The van der Waals surface area contributed by atoms with Crippen LogP contribution in [0, 0.1) is 11.6 Å². The standard InChI is InChI=1S/C22H23F2N3O/c1-28-22-9-14(13-27-6-4-16(25)5-7-27)8-17-18(11-26-12-19(17)22)15-2-3-20(23)21(24)10-15/h2-3,8-12,16H,4-7,13,25H2,1H3. The first-order valence-corrected chi connectivity index (χ1v) is 9.43. The van der Waals surface area contributed by atoms with Crippen LogP contribution in [0.15, 0.2) is 42.7 Å². The first-order valence-electron chi connectivity index (χ1n) is 9.43. The van der Waals surface area contributed by atoms with E-state index in [0.29, 0.717) is 5.56 Å². The molecule has 0 saturated carbocycles. The summed E-state index contributed by atoms with van der Waals surface area (Å²) in [5.74, 6) is -1.01. The maximum Gasteiger partial charge on any atom is 0.159 e. The molecule has 146 valence electrons. The number of benzene rings is 2. The molecule has 1 aliphatic rings. The molecule has 1 fully saturated rings. The maximum absolute atomic E-state index is 13.8. The van der Waals surface area contributed by atoms with Gasteiger partial charge in [-0.15, -0.1) is 0 Å². The van der Waals surface area contributed by atoms with Crippen molar-refractivity contribution in [2.24, 2.45) is 5.73 Å². The number of halogens is 2. The lowest BCUT2D eigenvalue weighted by Crippen LogP contribution is -2.39. The molecule has 2 heterocycles. The number of ether oxygens (including phenoxy) is 1. The fraction of sp³-hybridized carbons (Fsp3) is 0.318. The largest absolute Gasteiger partial charge is 0.496 e. The fourth-order valence-corrected chi connectivity index (χ4v) is 3.82. The van der Waals surface area contributed by atoms with E-state index < -0.39 is 11.6 Å². The number of rotatable bonds is 4. The van der Waals surface area contributed by atoms with E-state index in [2.05, 4.69) is 16.0 Å². The number of likely N-dealkylation sites (tertiary alicyclic amines) is 1. The smallest absolute Gasteiger partial charge is 0.159 e. The summed E-state index contributed by atoms with van der Waals surface area (Å²) in [6, 6.07) is 8.31. The Labute approximate surface area is 162 Å². The monoisotopic (exact) mass is 383 g/mol. The highest BCUT2D eigenvalue weighted by atomic mass is 19.2. The normalized spacial score (nSPS) is 15.9. The Morgan fingerprint density at radius 3 is 2.57 bits per heavy atom. The molecule has 0 aliphatic carbocycles. The topological polar surface area (TPSA) is 51.4 Å². The number of hydrogen-bond acceptors (Lipinski definition) is 4. The zero-order valence-corrected chi connectivity index (χ0v) is 15.8. The lowest BCUT2D eigenvalue weighted by molar-refractivity contribution is 0.205. The molecule has 0 radical (unpaired) electrons. The van der Waals surface area contributed by atoms with Crippen LogP contribution in [0.4, 0.5) is 8.78 Å². The van der Waals surface area contributed by atoms with E-state index in [4.69, 9.17) is 10.5 Å². The zero-order valence-electron chi connectivity index (χ0n) is 15.8. The third-order valence-corrected chi connectivity index (χ3v) is 5.39. The van der Waals surface area contributed by atoms with Crippen molar-refractivity contribution in [3.05, 3.63) is 59.9 Å². The molecule has 6 heteroatoms. The minimum absolute atomic E-state index is 0.286. The van der Waals surface area contributed by atoms with E-state index in [1.165, 1.54) is 6.07 Å². The van der Waals surface area contributed by atoms with E-state index >= 15 is 0 Å². The second-order valence-electron chi connectivity index (χ2n) is 7.32. The predicted octanol–water partition coefficient (Wildman–Crippen LogP) is 4.11. The minimum Gasteiger partial charge on any atom is -0.496 e. The van der Waals surface area contributed by atoms with Gasteiger partial charge in [-0.25, -0.2) is 8.78 Å². The molecule has 0 unspecified atom stereocenters. The van der Waals surface area contributed by atoms with Crippen molar-refractivity contribution in [3.8, 4) is 16.9 Å². The van der Waals surface area contributed by atoms with Gasteiger partial charge in [0.05, 0.1) is 7.11 Å². The zero-order chi connectivity index (χ0) is 19.7. The first kappa shape index (κ1) is 18.8. The minimum atomic E-state index is -0.873. The molecule has 2 aromatic carbocycles. The van der Waals surface area contributed by atoms with E-state index in [0.717, 1.165) is 66.2 Å². The van der Waals surface area contributed by atoms with Gasteiger partial charge in [0.15, 0.2) is 11.6 Å². The molecule has 2 N–H and O–H groups in total. The van der Waals surface area contributed by atoms with Gasteiger partial charge in [-0.3, -0.25) is 9.88 Å². The van der Waals surface area contributed by atoms with Crippen LogP contribution in [-0.4, -0.2) is 36.1 Å². The predicted molar refractivity (Wildman–Crippen MR) is 106 cm³/mol. The number of nitrogens with zero attached hydrogens (tertiary/aromatic N) is 2. The van der Waals surface area contributed by atoms with Gasteiger partial charge in [-0.1, -0.05) is 6.07 Å². The molecule has 4 nitrogen and oxygen atoms in total. The molecule has 1 aromatic heterocycles. The highest BCUT2D eigenvalue weighted by Gasteiger charge is 2.18. The third kappa shape index (κ3) is 3.70. The Balaban J connectivity index is 1.77. The number of hydrogen-bond donors (Lipinski definition) is 1. The van der Waals surface area contributed by atoms with Gasteiger partial charge in [0.25, 0.3) is 0 Å². The highest BCUT2D eigenvalue weighted by molar-refractivity contribution is 5.99. The lowest BCUT2D eigenvalue weighted by atomic mass is 9.97. The van der Waals surface area contributed by atoms with Gasteiger partial charge in [0, 0.05) is 35.9 Å². The van der Waals surface area contributed by atoms with Gasteiger partial charge in [0.1, 0.15) is 5.75 Å². The quantitative estimate of drug-likeness (QED) is 0.737. The summed E-state index contributed by atoms with van der Waals surface area (Å²) in [5.41, 5.74) is 8.44. The number of piperidine rings is 1. The fourth-order valence-electron chi connectivity index (χ4n) is 3.82. The molecule has 1 saturated heterocycles. The molecule has 0 amide bonds. The van der Waals surface area contributed by atoms with Crippen LogP contribution in [0.1, 0.15) is 18.4 Å². The van der Waals surface area contributed by atoms with Crippen molar-refractivity contribution < 1.29 is 13.5 Å². The van der Waals surface area contributed by atoms with Crippen LogP contribution in [0.25, 0.3) is 21.9 Å². The average Bonchev–Trinajstić information content (AvgIpc) is 2.71. The van der Waals surface area contributed by atoms with Crippen molar-refractivity contribution >= 4 is 10.8 Å². The number of aromatic nitrogens is 1. The van der Waals surface area contributed by atoms with Crippen molar-refractivity contribution in [1.29, 1.82) is 0 Å². The Bertz CT molecular complexity index is 1000. The summed E-state index contributed by atoms with van der Waals surface area (Å²) in [6.07, 6.45) is 5.41. The van der Waals surface area contributed by atoms with Gasteiger partial charge in [-0.05, 0) is 66.7 Å². The van der Waals surface area contributed by atoms with Crippen LogP contribution < -0.4 is 10.5 Å². The van der Waals surface area contributed by atoms with Gasteiger partial charge in [0.2, 0.25) is 0 Å². The van der Waals surface area contributed by atoms with E-state index in [1.807, 2.05) is 6.07 Å². The van der Waals surface area contributed by atoms with Crippen LogP contribution in [-0.2, 0) is 6.54 Å². The van der Waals surface area contributed by atoms with Gasteiger partial charge < -0.3 is 10.5 Å². The maximum atomic E-state index is 13.8. The molecule has 0 bridgehead atoms. The Hall–Kier alpha value is -2.57. The second-order valence-corrected chi connectivity index (χ2v) is 7.32. The third-order valence-electron chi connectivity index (χ3n) is 5.39. The molecular formula is C22H23F2N3O. The first-order chi connectivity index (χ1) is 13.5. The molecule has 0 spiro atoms. The number of methoxy groups -OCH3 is 1. The summed E-state index contributed by atoms with van der Waals surface area (Å²) in [6.45, 7) is 2.72. The van der Waals surface area contributed by atoms with Crippen LogP contribution in [0.2, 0.25) is 0 Å². The van der Waals surface area contributed by atoms with E-state index in [1.54, 1.807) is 25.6 Å². The second kappa shape index (κ2) is 7.81. The summed E-state index contributed by atoms with van der Waals surface area (Å²) in [4.78, 5) is 6.66. The summed E-state index contributed by atoms with van der Waals surface area (Å²) in [5, 5.41) is 1.75. The van der Waals surface area contributed by atoms with Crippen molar-refractivity contribution in [2.75, 3.05) is 20.2 Å². The Morgan fingerprint density at radius 2 is 1.86 bits per heavy atom. The Kier molecular flexibility index (Phi) is 5.24. The average molecular weight is 383 g/mol. The van der Waals surface area contributed by atoms with Crippen molar-refractivity contribution in [3.63, 3.8) is 0 Å². The van der Waals surface area contributed by atoms with Crippen LogP contribution >= 0.6 is 0 Å². The summed E-state index contributed by atoms with van der Waals surface area (Å²) in [7, 11) is 1.63. The number of fused-ring (bicyclic) bond motifs is 1. The molecule has 3 aromatic rings. The molecule has 0 atom stereocenters.